The molecule has 1 aromatic heterocycles. The van der Waals surface area contributed by atoms with Gasteiger partial charge in [0.25, 0.3) is 0 Å². The number of hydrogen-bond donors (Lipinski definition) is 3. The Hall–Kier alpha value is -1.86. The number of pyridine rings is 1. The number of rotatable bonds is 5. The number of hydrazine groups is 1. The monoisotopic (exact) mass is 265 g/mol. The van der Waals surface area contributed by atoms with Crippen LogP contribution < -0.4 is 16.6 Å². The van der Waals surface area contributed by atoms with Gasteiger partial charge in [0.15, 0.2) is 0 Å². The number of morpholine rings is 1. The molecule has 0 aliphatic carbocycles. The number of nitrogens with two attached hydrogens (primary N) is 1. The van der Waals surface area contributed by atoms with Crippen molar-refractivity contribution in [1.29, 1.82) is 0 Å². The predicted octanol–water partition coefficient (Wildman–Crippen LogP) is 0.0280. The minimum Gasteiger partial charge on any atom is -0.378 e. The van der Waals surface area contributed by atoms with Crippen molar-refractivity contribution in [2.45, 2.75) is 6.42 Å². The molecule has 104 valence electrons. The van der Waals surface area contributed by atoms with Crippen LogP contribution in [-0.4, -0.2) is 48.6 Å². The van der Waals surface area contributed by atoms with E-state index in [0.717, 1.165) is 0 Å². The van der Waals surface area contributed by atoms with E-state index in [9.17, 15) is 4.79 Å². The third kappa shape index (κ3) is 4.08. The molecule has 2 heterocycles. The Morgan fingerprint density at radius 3 is 2.84 bits per heavy atom. The highest BCUT2D eigenvalue weighted by molar-refractivity contribution is 5.76. The second-order valence-electron chi connectivity index (χ2n) is 4.22. The fourth-order valence-corrected chi connectivity index (χ4v) is 1.88. The van der Waals surface area contributed by atoms with Crippen LogP contribution in [0.1, 0.15) is 6.42 Å². The largest absolute Gasteiger partial charge is 0.378 e. The van der Waals surface area contributed by atoms with Crippen molar-refractivity contribution in [3.05, 3.63) is 18.2 Å². The molecule has 0 atom stereocenters. The number of ether oxygens (including phenoxy) is 1. The van der Waals surface area contributed by atoms with E-state index in [4.69, 9.17) is 10.6 Å². The zero-order valence-electron chi connectivity index (χ0n) is 10.8. The van der Waals surface area contributed by atoms with Crippen molar-refractivity contribution >= 4 is 17.5 Å². The van der Waals surface area contributed by atoms with E-state index in [1.54, 1.807) is 6.07 Å². The lowest BCUT2D eigenvalue weighted by molar-refractivity contribution is -0.134. The molecule has 0 bridgehead atoms. The van der Waals surface area contributed by atoms with E-state index >= 15 is 0 Å². The maximum Gasteiger partial charge on any atom is 0.224 e. The Morgan fingerprint density at radius 1 is 1.37 bits per heavy atom. The average Bonchev–Trinajstić information content (AvgIpc) is 2.48. The lowest BCUT2D eigenvalue weighted by Gasteiger charge is -2.26. The van der Waals surface area contributed by atoms with E-state index in [0.29, 0.717) is 50.9 Å². The topological polar surface area (TPSA) is 92.5 Å². The number of carbonyl (C=O) groups excluding carboxylic acids is 1. The zero-order valence-corrected chi connectivity index (χ0v) is 10.8. The molecule has 1 fully saturated rings. The number of hydrogen-bond acceptors (Lipinski definition) is 6. The lowest BCUT2D eigenvalue weighted by atomic mass is 10.3. The molecule has 0 unspecified atom stereocenters. The summed E-state index contributed by atoms with van der Waals surface area (Å²) in [4.78, 5) is 17.9. The van der Waals surface area contributed by atoms with Crippen LogP contribution in [-0.2, 0) is 9.53 Å². The first-order valence-corrected chi connectivity index (χ1v) is 6.32. The molecule has 7 nitrogen and oxygen atoms in total. The van der Waals surface area contributed by atoms with E-state index in [1.807, 2.05) is 17.0 Å². The van der Waals surface area contributed by atoms with Crippen molar-refractivity contribution in [3.8, 4) is 0 Å². The van der Waals surface area contributed by atoms with Gasteiger partial charge >= 0.3 is 0 Å². The van der Waals surface area contributed by atoms with E-state index < -0.39 is 0 Å². The van der Waals surface area contributed by atoms with Crippen LogP contribution in [0.15, 0.2) is 18.2 Å². The van der Waals surface area contributed by atoms with Gasteiger partial charge in [0.05, 0.1) is 13.2 Å². The van der Waals surface area contributed by atoms with Crippen LogP contribution in [0.25, 0.3) is 0 Å². The molecular weight excluding hydrogens is 246 g/mol. The van der Waals surface area contributed by atoms with Gasteiger partial charge in [0, 0.05) is 26.1 Å². The van der Waals surface area contributed by atoms with Gasteiger partial charge in [-0.2, -0.15) is 0 Å². The van der Waals surface area contributed by atoms with Crippen molar-refractivity contribution in [3.63, 3.8) is 0 Å². The Bertz CT molecular complexity index is 420. The average molecular weight is 265 g/mol. The smallest absolute Gasteiger partial charge is 0.224 e. The quantitative estimate of drug-likeness (QED) is 0.514. The van der Waals surface area contributed by atoms with Gasteiger partial charge < -0.3 is 20.4 Å². The first-order valence-electron chi connectivity index (χ1n) is 6.32. The van der Waals surface area contributed by atoms with E-state index in [1.165, 1.54) is 0 Å². The van der Waals surface area contributed by atoms with E-state index in [2.05, 4.69) is 15.7 Å². The molecule has 0 radical (unpaired) electrons. The fraction of sp³-hybridized carbons (Fsp3) is 0.500. The normalized spacial score (nSPS) is 15.1. The number of anilines is 2. The molecule has 1 amide bonds. The molecule has 19 heavy (non-hydrogen) atoms. The minimum atomic E-state index is 0.143. The van der Waals surface area contributed by atoms with Gasteiger partial charge in [-0.3, -0.25) is 4.79 Å². The highest BCUT2D eigenvalue weighted by Crippen LogP contribution is 2.08. The van der Waals surface area contributed by atoms with Gasteiger partial charge in [-0.15, -0.1) is 0 Å². The Labute approximate surface area is 112 Å². The standard InChI is InChI=1S/C12H19N5O2/c13-16-11-3-1-2-10(15-11)14-5-4-12(18)17-6-8-19-9-7-17/h1-3H,4-9,13H2,(H2,14,15,16). The number of nitrogens with zero attached hydrogens (tertiary/aromatic N) is 2. The molecule has 1 aliphatic heterocycles. The minimum absolute atomic E-state index is 0.143. The molecular formula is C12H19N5O2. The van der Waals surface area contributed by atoms with Crippen LogP contribution >= 0.6 is 0 Å². The maximum absolute atomic E-state index is 11.9. The summed E-state index contributed by atoms with van der Waals surface area (Å²) in [5.41, 5.74) is 2.48. The molecule has 0 aromatic carbocycles. The summed E-state index contributed by atoms with van der Waals surface area (Å²) in [6.07, 6.45) is 0.446. The molecule has 0 saturated carbocycles. The Morgan fingerprint density at radius 2 is 2.11 bits per heavy atom. The van der Waals surface area contributed by atoms with Crippen molar-refractivity contribution in [1.82, 2.24) is 9.88 Å². The van der Waals surface area contributed by atoms with Gasteiger partial charge in [0.1, 0.15) is 11.6 Å². The molecule has 0 spiro atoms. The van der Waals surface area contributed by atoms with Crippen molar-refractivity contribution in [2.75, 3.05) is 43.6 Å². The molecule has 7 heteroatoms. The van der Waals surface area contributed by atoms with Crippen LogP contribution in [0.3, 0.4) is 0 Å². The summed E-state index contributed by atoms with van der Waals surface area (Å²) in [7, 11) is 0. The van der Waals surface area contributed by atoms with Crippen LogP contribution in [0, 0.1) is 0 Å². The first kappa shape index (κ1) is 13.6. The van der Waals surface area contributed by atoms with E-state index in [-0.39, 0.29) is 5.91 Å². The number of nitrogen functional groups attached to an aromatic ring is 1. The Balaban J connectivity index is 1.74. The second-order valence-corrected chi connectivity index (χ2v) is 4.22. The van der Waals surface area contributed by atoms with Gasteiger partial charge in [0.2, 0.25) is 5.91 Å². The first-order chi connectivity index (χ1) is 9.29. The molecule has 4 N–H and O–H groups in total. The summed E-state index contributed by atoms with van der Waals surface area (Å²) >= 11 is 0. The molecule has 1 aliphatic rings. The SMILES string of the molecule is NNc1cccc(NCCC(=O)N2CCOCC2)n1. The van der Waals surface area contributed by atoms with Crippen molar-refractivity contribution in [2.24, 2.45) is 5.84 Å². The fourth-order valence-electron chi connectivity index (χ4n) is 1.88. The second kappa shape index (κ2) is 6.91. The summed E-state index contributed by atoms with van der Waals surface area (Å²) in [6.45, 7) is 3.18. The highest BCUT2D eigenvalue weighted by Gasteiger charge is 2.15. The molecule has 2 rings (SSSR count). The zero-order chi connectivity index (χ0) is 13.5. The molecule has 1 saturated heterocycles. The third-order valence-corrected chi connectivity index (χ3v) is 2.91. The van der Waals surface area contributed by atoms with Gasteiger partial charge in [-0.05, 0) is 12.1 Å². The lowest BCUT2D eigenvalue weighted by Crippen LogP contribution is -2.41. The predicted molar refractivity (Wildman–Crippen MR) is 72.6 cm³/mol. The number of amides is 1. The summed E-state index contributed by atoms with van der Waals surface area (Å²) in [6, 6.07) is 5.44. The molecule has 1 aromatic rings. The Kier molecular flexibility index (Phi) is 4.93. The summed E-state index contributed by atoms with van der Waals surface area (Å²) in [5, 5.41) is 3.10. The highest BCUT2D eigenvalue weighted by atomic mass is 16.5. The van der Waals surface area contributed by atoms with Crippen LogP contribution in [0.4, 0.5) is 11.6 Å². The van der Waals surface area contributed by atoms with Crippen LogP contribution in [0.5, 0.6) is 0 Å². The van der Waals surface area contributed by atoms with Crippen LogP contribution in [0.2, 0.25) is 0 Å². The maximum atomic E-state index is 11.9. The van der Waals surface area contributed by atoms with Gasteiger partial charge in [-0.25, -0.2) is 10.8 Å². The summed E-state index contributed by atoms with van der Waals surface area (Å²) in [5.74, 6) is 6.71. The van der Waals surface area contributed by atoms with Gasteiger partial charge in [-0.1, -0.05) is 6.07 Å². The number of carbonyl (C=O) groups is 1. The van der Waals surface area contributed by atoms with Crippen molar-refractivity contribution < 1.29 is 9.53 Å². The number of nitrogens with one attached hydrogen (secondary N) is 2. The summed E-state index contributed by atoms with van der Waals surface area (Å²) < 4.78 is 5.21. The number of aromatic nitrogens is 1. The third-order valence-electron chi connectivity index (χ3n) is 2.91.